The molecule has 0 radical (unpaired) electrons. The highest BCUT2D eigenvalue weighted by atomic mass is 32.2. The molecule has 1 aromatic rings. The molecule has 0 spiro atoms. The van der Waals surface area contributed by atoms with Crippen molar-refractivity contribution in [2.24, 2.45) is 5.92 Å². The zero-order valence-corrected chi connectivity index (χ0v) is 14.3. The Morgan fingerprint density at radius 2 is 2.22 bits per heavy atom. The molecule has 0 aliphatic carbocycles. The van der Waals surface area contributed by atoms with Crippen LogP contribution < -0.4 is 14.4 Å². The van der Waals surface area contributed by atoms with Crippen molar-refractivity contribution in [1.29, 1.82) is 0 Å². The van der Waals surface area contributed by atoms with Gasteiger partial charge >= 0.3 is 0 Å². The topological polar surface area (TPSA) is 78.9 Å². The minimum atomic E-state index is -3.57. The third-order valence-electron chi connectivity index (χ3n) is 4.26. The van der Waals surface area contributed by atoms with Crippen molar-refractivity contribution in [2.45, 2.75) is 43.7 Å². The SMILES string of the molecule is CC(C)C[C@@H]1COc2cc(N3CC[C@H](O)C3)ccc2S(=O)(=O)N1. The van der Waals surface area contributed by atoms with Gasteiger partial charge in [-0.25, -0.2) is 13.1 Å². The molecule has 3 rings (SSSR count). The fourth-order valence-electron chi connectivity index (χ4n) is 3.20. The maximum Gasteiger partial charge on any atom is 0.244 e. The molecule has 6 nitrogen and oxygen atoms in total. The largest absolute Gasteiger partial charge is 0.490 e. The summed E-state index contributed by atoms with van der Waals surface area (Å²) in [4.78, 5) is 2.23. The van der Waals surface area contributed by atoms with Gasteiger partial charge in [-0.15, -0.1) is 0 Å². The molecule has 128 valence electrons. The van der Waals surface area contributed by atoms with E-state index in [4.69, 9.17) is 4.74 Å². The van der Waals surface area contributed by atoms with Gasteiger partial charge < -0.3 is 14.7 Å². The summed E-state index contributed by atoms with van der Waals surface area (Å²) in [5.41, 5.74) is 0.887. The summed E-state index contributed by atoms with van der Waals surface area (Å²) in [6, 6.07) is 4.92. The molecular formula is C16H24N2O4S. The van der Waals surface area contributed by atoms with Crippen LogP contribution in [0.3, 0.4) is 0 Å². The zero-order valence-electron chi connectivity index (χ0n) is 13.5. The predicted molar refractivity (Wildman–Crippen MR) is 88.3 cm³/mol. The van der Waals surface area contributed by atoms with Crippen LogP contribution in [0, 0.1) is 5.92 Å². The minimum absolute atomic E-state index is 0.187. The third kappa shape index (κ3) is 3.62. The van der Waals surface area contributed by atoms with Crippen LogP contribution in [-0.4, -0.2) is 45.4 Å². The average Bonchev–Trinajstić information content (AvgIpc) is 2.85. The van der Waals surface area contributed by atoms with Gasteiger partial charge in [-0.05, 0) is 30.9 Å². The van der Waals surface area contributed by atoms with Crippen LogP contribution in [0.25, 0.3) is 0 Å². The van der Waals surface area contributed by atoms with E-state index < -0.39 is 10.0 Å². The van der Waals surface area contributed by atoms with Gasteiger partial charge in [0.05, 0.1) is 12.1 Å². The molecule has 2 aliphatic rings. The quantitative estimate of drug-likeness (QED) is 0.868. The fourth-order valence-corrected chi connectivity index (χ4v) is 4.56. The van der Waals surface area contributed by atoms with Crippen molar-refractivity contribution in [2.75, 3.05) is 24.6 Å². The predicted octanol–water partition coefficient (Wildman–Crippen LogP) is 1.34. The normalized spacial score (nSPS) is 26.7. The Balaban J connectivity index is 1.87. The van der Waals surface area contributed by atoms with E-state index in [0.717, 1.165) is 25.1 Å². The number of β-amino-alcohol motifs (C(OH)–C–C–N with tert-alkyl or cyclic N) is 1. The Kier molecular flexibility index (Phi) is 4.53. The van der Waals surface area contributed by atoms with Gasteiger partial charge in [-0.1, -0.05) is 13.8 Å². The maximum atomic E-state index is 12.5. The monoisotopic (exact) mass is 340 g/mol. The van der Waals surface area contributed by atoms with E-state index in [9.17, 15) is 13.5 Å². The molecule has 2 atom stereocenters. The van der Waals surface area contributed by atoms with Gasteiger partial charge in [0.1, 0.15) is 17.3 Å². The van der Waals surface area contributed by atoms with Gasteiger partial charge in [-0.2, -0.15) is 0 Å². The van der Waals surface area contributed by atoms with Crippen LogP contribution in [0.15, 0.2) is 23.1 Å². The van der Waals surface area contributed by atoms with E-state index >= 15 is 0 Å². The standard InChI is InChI=1S/C16H24N2O4S/c1-11(2)7-12-10-22-15-8-13(18-6-5-14(19)9-18)3-4-16(15)23(20,21)17-12/h3-4,8,11-12,14,17,19H,5-7,9-10H2,1-2H3/t12-,14+/m1/s1. The van der Waals surface area contributed by atoms with E-state index in [1.54, 1.807) is 18.2 Å². The molecule has 7 heteroatoms. The minimum Gasteiger partial charge on any atom is -0.490 e. The second kappa shape index (κ2) is 6.30. The number of hydrogen-bond acceptors (Lipinski definition) is 5. The highest BCUT2D eigenvalue weighted by Gasteiger charge is 2.30. The lowest BCUT2D eigenvalue weighted by molar-refractivity contribution is 0.198. The van der Waals surface area contributed by atoms with Crippen LogP contribution in [0.2, 0.25) is 0 Å². The number of aliphatic hydroxyl groups is 1. The van der Waals surface area contributed by atoms with Crippen molar-refractivity contribution in [3.05, 3.63) is 18.2 Å². The van der Waals surface area contributed by atoms with E-state index in [2.05, 4.69) is 18.6 Å². The first-order chi connectivity index (χ1) is 10.8. The fraction of sp³-hybridized carbons (Fsp3) is 0.625. The van der Waals surface area contributed by atoms with Gasteiger partial charge in [0.2, 0.25) is 10.0 Å². The first-order valence-electron chi connectivity index (χ1n) is 8.07. The summed E-state index contributed by atoms with van der Waals surface area (Å²) >= 11 is 0. The molecule has 0 bridgehead atoms. The number of nitrogens with one attached hydrogen (secondary N) is 1. The number of rotatable bonds is 3. The van der Waals surface area contributed by atoms with Crippen LogP contribution in [0.1, 0.15) is 26.7 Å². The van der Waals surface area contributed by atoms with Crippen LogP contribution in [-0.2, 0) is 10.0 Å². The number of sulfonamides is 1. The number of ether oxygens (including phenoxy) is 1. The number of aliphatic hydroxyl groups excluding tert-OH is 1. The molecular weight excluding hydrogens is 316 g/mol. The van der Waals surface area contributed by atoms with Gasteiger partial charge in [0, 0.05) is 24.8 Å². The summed E-state index contributed by atoms with van der Waals surface area (Å²) in [6.07, 6.45) is 1.14. The Bertz CT molecular complexity index is 675. The van der Waals surface area contributed by atoms with E-state index in [1.165, 1.54) is 0 Å². The Morgan fingerprint density at radius 3 is 2.87 bits per heavy atom. The number of anilines is 1. The Labute approximate surface area is 137 Å². The summed E-state index contributed by atoms with van der Waals surface area (Å²) in [7, 11) is -3.57. The van der Waals surface area contributed by atoms with Crippen LogP contribution in [0.5, 0.6) is 5.75 Å². The summed E-state index contributed by atoms with van der Waals surface area (Å²) < 4.78 is 33.6. The number of fused-ring (bicyclic) bond motifs is 1. The molecule has 23 heavy (non-hydrogen) atoms. The zero-order chi connectivity index (χ0) is 16.6. The smallest absolute Gasteiger partial charge is 0.244 e. The summed E-state index contributed by atoms with van der Waals surface area (Å²) in [5.74, 6) is 0.775. The highest BCUT2D eigenvalue weighted by molar-refractivity contribution is 7.89. The van der Waals surface area contributed by atoms with Crippen molar-refractivity contribution in [3.8, 4) is 5.75 Å². The Morgan fingerprint density at radius 1 is 1.43 bits per heavy atom. The van der Waals surface area contributed by atoms with Crippen LogP contribution in [0.4, 0.5) is 5.69 Å². The van der Waals surface area contributed by atoms with Gasteiger partial charge in [0.15, 0.2) is 0 Å². The Hall–Kier alpha value is -1.31. The molecule has 1 saturated heterocycles. The van der Waals surface area contributed by atoms with Crippen molar-refractivity contribution in [3.63, 3.8) is 0 Å². The maximum absolute atomic E-state index is 12.5. The molecule has 1 fully saturated rings. The molecule has 0 amide bonds. The van der Waals surface area contributed by atoms with E-state index in [1.807, 2.05) is 4.90 Å². The average molecular weight is 340 g/mol. The number of hydrogen-bond donors (Lipinski definition) is 2. The lowest BCUT2D eigenvalue weighted by Crippen LogP contribution is -2.37. The lowest BCUT2D eigenvalue weighted by atomic mass is 10.1. The van der Waals surface area contributed by atoms with E-state index in [-0.39, 0.29) is 17.0 Å². The first-order valence-corrected chi connectivity index (χ1v) is 9.55. The van der Waals surface area contributed by atoms with Crippen molar-refractivity contribution < 1.29 is 18.3 Å². The second-order valence-electron chi connectivity index (χ2n) is 6.78. The molecule has 0 aromatic heterocycles. The van der Waals surface area contributed by atoms with Crippen LogP contribution >= 0.6 is 0 Å². The molecule has 2 heterocycles. The molecule has 0 saturated carbocycles. The van der Waals surface area contributed by atoms with Crippen molar-refractivity contribution in [1.82, 2.24) is 4.72 Å². The highest BCUT2D eigenvalue weighted by Crippen LogP contribution is 2.33. The molecule has 0 unspecified atom stereocenters. The number of benzene rings is 1. The number of nitrogens with zero attached hydrogens (tertiary/aromatic N) is 1. The molecule has 2 N–H and O–H groups in total. The van der Waals surface area contributed by atoms with Gasteiger partial charge in [0.25, 0.3) is 0 Å². The van der Waals surface area contributed by atoms with Crippen molar-refractivity contribution >= 4 is 15.7 Å². The molecule has 1 aromatic carbocycles. The van der Waals surface area contributed by atoms with E-state index in [0.29, 0.717) is 24.8 Å². The summed E-state index contributed by atoms with van der Waals surface area (Å²) in [6.45, 7) is 5.78. The molecule has 2 aliphatic heterocycles. The summed E-state index contributed by atoms with van der Waals surface area (Å²) in [5, 5.41) is 9.67. The first kappa shape index (κ1) is 16.5. The third-order valence-corrected chi connectivity index (χ3v) is 5.82. The second-order valence-corrected chi connectivity index (χ2v) is 8.46. The van der Waals surface area contributed by atoms with Gasteiger partial charge in [-0.3, -0.25) is 0 Å². The lowest BCUT2D eigenvalue weighted by Gasteiger charge is -2.19.